The lowest BCUT2D eigenvalue weighted by Crippen LogP contribution is -2.69. The number of rotatable bonds is 15. The Kier molecular flexibility index (Phi) is 11.2. The molecule has 1 aliphatic heterocycles. The molecule has 1 unspecified atom stereocenters. The summed E-state index contributed by atoms with van der Waals surface area (Å²) in [7, 11) is -1.99. The number of likely N-dealkylation sites (N-methyl/N-ethyl adjacent to an activating group) is 1. The number of benzene rings is 2. The van der Waals surface area contributed by atoms with Crippen LogP contribution in [-0.2, 0) is 30.6 Å². The fraction of sp³-hybridized carbons (Fsp3) is 0.419. The Morgan fingerprint density at radius 1 is 1.12 bits per heavy atom. The Labute approximate surface area is 256 Å². The van der Waals surface area contributed by atoms with Gasteiger partial charge in [0.05, 0.1) is 21.9 Å². The molecule has 0 spiro atoms. The molecular weight excluding hydrogens is 588 g/mol. The molecule has 2 aromatic carbocycles. The van der Waals surface area contributed by atoms with E-state index >= 15 is 0 Å². The van der Waals surface area contributed by atoms with Crippen LogP contribution in [0.4, 0.5) is 0 Å². The van der Waals surface area contributed by atoms with Crippen LogP contribution < -0.4 is 16.2 Å². The first-order valence-electron chi connectivity index (χ1n) is 14.4. The average Bonchev–Trinajstić information content (AvgIpc) is 3.55. The molecule has 1 saturated heterocycles. The van der Waals surface area contributed by atoms with Crippen molar-refractivity contribution in [1.29, 1.82) is 0 Å². The first-order chi connectivity index (χ1) is 20.7. The van der Waals surface area contributed by atoms with Gasteiger partial charge in [0.1, 0.15) is 11.3 Å². The number of carbonyl (C=O) groups excluding carboxylic acids is 2. The van der Waals surface area contributed by atoms with E-state index in [-0.39, 0.29) is 48.0 Å². The van der Waals surface area contributed by atoms with Crippen LogP contribution in [0.2, 0.25) is 0 Å². The van der Waals surface area contributed by atoms with E-state index in [9.17, 15) is 27.9 Å². The van der Waals surface area contributed by atoms with Crippen LogP contribution >= 0.6 is 11.3 Å². The Morgan fingerprint density at radius 2 is 1.86 bits per heavy atom. The van der Waals surface area contributed by atoms with Crippen LogP contribution in [0.1, 0.15) is 44.1 Å². The number of Topliss-reactive ketones (excluding diaryl/α,β-unsaturated/α-hetero) is 1. The van der Waals surface area contributed by atoms with E-state index in [1.807, 2.05) is 29.6 Å². The Bertz CT molecular complexity index is 1500. The summed E-state index contributed by atoms with van der Waals surface area (Å²) in [6.07, 6.45) is 1.37. The van der Waals surface area contributed by atoms with E-state index in [0.717, 1.165) is 16.8 Å². The molecule has 2 heterocycles. The number of carboxylic acids is 1. The third kappa shape index (κ3) is 8.14. The number of thiazole rings is 1. The van der Waals surface area contributed by atoms with E-state index in [2.05, 4.69) is 21.2 Å². The Balaban J connectivity index is 1.50. The number of carbonyl (C=O) groups is 3. The summed E-state index contributed by atoms with van der Waals surface area (Å²) in [6, 6.07) is 16.0. The highest BCUT2D eigenvalue weighted by Gasteiger charge is 2.50. The van der Waals surface area contributed by atoms with Gasteiger partial charge >= 0.3 is 5.97 Å². The van der Waals surface area contributed by atoms with Crippen LogP contribution in [0.3, 0.4) is 0 Å². The zero-order chi connectivity index (χ0) is 30.9. The molecule has 43 heavy (non-hydrogen) atoms. The normalized spacial score (nSPS) is 19.4. The van der Waals surface area contributed by atoms with E-state index in [1.165, 1.54) is 30.5 Å². The van der Waals surface area contributed by atoms with Crippen LogP contribution in [0, 0.1) is 11.8 Å². The average molecular weight is 627 g/mol. The number of hydrogen-bond donors (Lipinski definition) is 4. The maximum absolute atomic E-state index is 13.9. The third-order valence-electron chi connectivity index (χ3n) is 8.08. The van der Waals surface area contributed by atoms with Gasteiger partial charge in [0.25, 0.3) is 0 Å². The van der Waals surface area contributed by atoms with Crippen molar-refractivity contribution in [1.82, 2.24) is 21.2 Å². The summed E-state index contributed by atoms with van der Waals surface area (Å²) < 4.78 is 25.5. The highest BCUT2D eigenvalue weighted by molar-refractivity contribution is 7.91. The number of nitrogens with zero attached hydrogens (tertiary/aromatic N) is 1. The number of sulfone groups is 1. The number of nitrogens with one attached hydrogen (secondary N) is 3. The standard InChI is InChI=1S/C31H38N4O6S2/c1-32-30(39)31(15-13-23-9-5-6-12-25(23)27-20-42-21-33-27)26(14-16-34-35-31)28(36)18-22(19-29(37)38)8-7-17-43(40,41)24-10-3-2-4-11-24/h2-6,9-12,20-22,26,34-35H,7-8,13-19H2,1H3,(H,32,39)(H,37,38)/t22?,26-,31+/m1/s1. The van der Waals surface area contributed by atoms with Crippen molar-refractivity contribution < 1.29 is 27.9 Å². The Hall–Kier alpha value is -3.45. The molecule has 3 aromatic rings. The second-order valence-electron chi connectivity index (χ2n) is 10.9. The monoisotopic (exact) mass is 626 g/mol. The molecule has 4 N–H and O–H groups in total. The summed E-state index contributed by atoms with van der Waals surface area (Å²) in [5.41, 5.74) is 9.54. The molecule has 0 saturated carbocycles. The molecule has 3 atom stereocenters. The second kappa shape index (κ2) is 14.8. The molecule has 12 heteroatoms. The van der Waals surface area contributed by atoms with Crippen molar-refractivity contribution in [2.24, 2.45) is 11.8 Å². The number of hydrogen-bond acceptors (Lipinski definition) is 9. The van der Waals surface area contributed by atoms with Gasteiger partial charge in [0, 0.05) is 43.3 Å². The molecule has 230 valence electrons. The zero-order valence-corrected chi connectivity index (χ0v) is 25.8. The molecule has 0 radical (unpaired) electrons. The minimum absolute atomic E-state index is 0.0574. The lowest BCUT2D eigenvalue weighted by Gasteiger charge is -2.43. The quantitative estimate of drug-likeness (QED) is 0.198. The van der Waals surface area contributed by atoms with Gasteiger partial charge in [-0.2, -0.15) is 0 Å². The predicted octanol–water partition coefficient (Wildman–Crippen LogP) is 3.65. The van der Waals surface area contributed by atoms with Crippen LogP contribution in [0.5, 0.6) is 0 Å². The van der Waals surface area contributed by atoms with Crippen LogP contribution in [-0.4, -0.2) is 61.1 Å². The number of hydrazine groups is 1. The highest BCUT2D eigenvalue weighted by atomic mass is 32.2. The van der Waals surface area contributed by atoms with Crippen molar-refractivity contribution in [2.75, 3.05) is 19.3 Å². The summed E-state index contributed by atoms with van der Waals surface area (Å²) in [6.45, 7) is 0.462. The van der Waals surface area contributed by atoms with Gasteiger partial charge in [-0.15, -0.1) is 11.3 Å². The molecule has 10 nitrogen and oxygen atoms in total. The highest BCUT2D eigenvalue weighted by Crippen LogP contribution is 2.34. The molecule has 1 fully saturated rings. The van der Waals surface area contributed by atoms with Gasteiger partial charge in [-0.05, 0) is 55.7 Å². The minimum Gasteiger partial charge on any atom is -0.481 e. The molecule has 1 aliphatic rings. The maximum atomic E-state index is 13.9. The van der Waals surface area contributed by atoms with E-state index in [1.54, 1.807) is 23.7 Å². The van der Waals surface area contributed by atoms with E-state index < -0.39 is 33.2 Å². The van der Waals surface area contributed by atoms with Crippen molar-refractivity contribution in [3.8, 4) is 11.3 Å². The maximum Gasteiger partial charge on any atom is 0.303 e. The van der Waals surface area contributed by atoms with Crippen molar-refractivity contribution >= 4 is 38.8 Å². The lowest BCUT2D eigenvalue weighted by atomic mass is 9.71. The number of carboxylic acid groups (broad SMARTS) is 1. The molecule has 1 amide bonds. The largest absolute Gasteiger partial charge is 0.481 e. The first-order valence-corrected chi connectivity index (χ1v) is 17.0. The predicted molar refractivity (Wildman–Crippen MR) is 165 cm³/mol. The van der Waals surface area contributed by atoms with Gasteiger partial charge in [-0.3, -0.25) is 19.8 Å². The number of aromatic nitrogens is 1. The summed E-state index contributed by atoms with van der Waals surface area (Å²) >= 11 is 1.50. The van der Waals surface area contributed by atoms with E-state index in [0.29, 0.717) is 25.8 Å². The van der Waals surface area contributed by atoms with Crippen molar-refractivity contribution in [3.63, 3.8) is 0 Å². The Morgan fingerprint density at radius 3 is 2.56 bits per heavy atom. The smallest absolute Gasteiger partial charge is 0.303 e. The number of ketones is 1. The summed E-state index contributed by atoms with van der Waals surface area (Å²) in [5, 5.41) is 14.3. The third-order valence-corrected chi connectivity index (χ3v) is 10.5. The lowest BCUT2D eigenvalue weighted by molar-refractivity contribution is -0.141. The fourth-order valence-corrected chi connectivity index (χ4v) is 7.82. The van der Waals surface area contributed by atoms with Gasteiger partial charge in [0.2, 0.25) is 5.91 Å². The molecular formula is C31H38N4O6S2. The molecule has 0 aliphatic carbocycles. The van der Waals surface area contributed by atoms with E-state index in [4.69, 9.17) is 0 Å². The van der Waals surface area contributed by atoms with Gasteiger partial charge in [0.15, 0.2) is 9.84 Å². The van der Waals surface area contributed by atoms with Gasteiger partial charge in [-0.25, -0.2) is 18.8 Å². The minimum atomic E-state index is -3.53. The van der Waals surface area contributed by atoms with Gasteiger partial charge < -0.3 is 10.4 Å². The SMILES string of the molecule is CNC(=O)[C@@]1(CCc2ccccc2-c2cscn2)NNCC[C@@H]1C(=O)CC(CCCS(=O)(=O)c1ccccc1)CC(=O)O. The zero-order valence-electron chi connectivity index (χ0n) is 24.1. The van der Waals surface area contributed by atoms with Crippen molar-refractivity contribution in [3.05, 3.63) is 71.1 Å². The first kappa shape index (κ1) is 32.5. The fourth-order valence-electron chi connectivity index (χ4n) is 5.92. The van der Waals surface area contributed by atoms with Crippen LogP contribution in [0.15, 0.2) is 70.4 Å². The summed E-state index contributed by atoms with van der Waals surface area (Å²) in [5.74, 6) is -2.99. The van der Waals surface area contributed by atoms with Crippen molar-refractivity contribution in [2.45, 2.75) is 55.4 Å². The van der Waals surface area contributed by atoms with Crippen LogP contribution in [0.25, 0.3) is 11.3 Å². The number of amides is 1. The second-order valence-corrected chi connectivity index (χ2v) is 13.7. The molecule has 0 bridgehead atoms. The summed E-state index contributed by atoms with van der Waals surface area (Å²) in [4.78, 5) is 43.7. The van der Waals surface area contributed by atoms with Gasteiger partial charge in [-0.1, -0.05) is 42.5 Å². The number of aryl methyl sites for hydroxylation is 1. The number of aliphatic carboxylic acids is 1. The topological polar surface area (TPSA) is 155 Å². The molecule has 4 rings (SSSR count). The molecule has 1 aromatic heterocycles.